The van der Waals surface area contributed by atoms with E-state index in [1.807, 2.05) is 20.8 Å². The van der Waals surface area contributed by atoms with Crippen molar-refractivity contribution in [1.29, 1.82) is 0 Å². The van der Waals surface area contributed by atoms with Crippen LogP contribution in [0.4, 0.5) is 0 Å². The van der Waals surface area contributed by atoms with Crippen LogP contribution in [0.25, 0.3) is 11.1 Å². The number of hydrogen-bond donors (Lipinski definition) is 0. The molecule has 0 amide bonds. The van der Waals surface area contributed by atoms with E-state index < -0.39 is 5.41 Å². The van der Waals surface area contributed by atoms with E-state index in [4.69, 9.17) is 4.74 Å². The van der Waals surface area contributed by atoms with Gasteiger partial charge in [-0.25, -0.2) is 0 Å². The molecule has 2 heteroatoms. The molecule has 0 spiro atoms. The molecule has 0 heterocycles. The molecule has 0 radical (unpaired) electrons. The smallest absolute Gasteiger partial charge is 0.311 e. The van der Waals surface area contributed by atoms with Crippen LogP contribution in [0.2, 0.25) is 0 Å². The molecule has 114 valence electrons. The Morgan fingerprint density at radius 2 is 1.45 bits per heavy atom. The molecule has 0 atom stereocenters. The number of fused-ring (bicyclic) bond motifs is 3. The summed E-state index contributed by atoms with van der Waals surface area (Å²) >= 11 is 0. The van der Waals surface area contributed by atoms with Gasteiger partial charge in [0.15, 0.2) is 0 Å². The van der Waals surface area contributed by atoms with Crippen molar-refractivity contribution in [3.8, 4) is 11.1 Å². The van der Waals surface area contributed by atoms with Gasteiger partial charge in [0.2, 0.25) is 0 Å². The first kappa shape index (κ1) is 14.8. The summed E-state index contributed by atoms with van der Waals surface area (Å²) in [5.41, 5.74) is 4.87. The van der Waals surface area contributed by atoms with E-state index in [0.717, 1.165) is 6.42 Å². The summed E-state index contributed by atoms with van der Waals surface area (Å²) in [6, 6.07) is 17.1. The van der Waals surface area contributed by atoms with Gasteiger partial charge in [0.1, 0.15) is 0 Å². The van der Waals surface area contributed by atoms with E-state index in [0.29, 0.717) is 12.5 Å². The maximum atomic E-state index is 11.9. The summed E-state index contributed by atoms with van der Waals surface area (Å²) in [6.45, 7) is 6.12. The van der Waals surface area contributed by atoms with Gasteiger partial charge < -0.3 is 4.74 Å². The van der Waals surface area contributed by atoms with Crippen molar-refractivity contribution in [3.63, 3.8) is 0 Å². The van der Waals surface area contributed by atoms with Gasteiger partial charge in [-0.1, -0.05) is 48.5 Å². The fourth-order valence-electron chi connectivity index (χ4n) is 3.06. The molecule has 0 aliphatic heterocycles. The highest BCUT2D eigenvalue weighted by atomic mass is 16.5. The maximum absolute atomic E-state index is 11.9. The molecule has 0 bridgehead atoms. The quantitative estimate of drug-likeness (QED) is 0.762. The van der Waals surface area contributed by atoms with Crippen LogP contribution in [-0.4, -0.2) is 12.6 Å². The summed E-state index contributed by atoms with van der Waals surface area (Å²) in [5, 5.41) is 0. The molecule has 0 aromatic heterocycles. The number of rotatable bonds is 3. The van der Waals surface area contributed by atoms with E-state index >= 15 is 0 Å². The number of hydrogen-bond acceptors (Lipinski definition) is 2. The lowest BCUT2D eigenvalue weighted by atomic mass is 9.94. The second kappa shape index (κ2) is 5.60. The molecule has 1 aliphatic rings. The third-order valence-corrected chi connectivity index (χ3v) is 4.21. The van der Waals surface area contributed by atoms with E-state index in [1.165, 1.54) is 22.3 Å². The highest BCUT2D eigenvalue weighted by molar-refractivity contribution is 5.79. The van der Waals surface area contributed by atoms with E-state index in [1.54, 1.807) is 0 Å². The molecular formula is C20H22O2. The SMILES string of the molecule is CC(C)(C)C(=O)OCCC1c2ccccc2-c2ccccc21. The molecule has 1 aliphatic carbocycles. The van der Waals surface area contributed by atoms with Gasteiger partial charge in [0, 0.05) is 5.92 Å². The van der Waals surface area contributed by atoms with Gasteiger partial charge in [-0.15, -0.1) is 0 Å². The minimum Gasteiger partial charge on any atom is -0.465 e. The van der Waals surface area contributed by atoms with Crippen molar-refractivity contribution in [2.45, 2.75) is 33.1 Å². The zero-order valence-electron chi connectivity index (χ0n) is 13.4. The van der Waals surface area contributed by atoms with Crippen molar-refractivity contribution in [1.82, 2.24) is 0 Å². The lowest BCUT2D eigenvalue weighted by Gasteiger charge is -2.18. The predicted molar refractivity (Wildman–Crippen MR) is 88.8 cm³/mol. The summed E-state index contributed by atoms with van der Waals surface area (Å²) in [6.07, 6.45) is 0.829. The van der Waals surface area contributed by atoms with Crippen LogP contribution in [0.1, 0.15) is 44.2 Å². The van der Waals surface area contributed by atoms with Crippen molar-refractivity contribution in [2.24, 2.45) is 5.41 Å². The van der Waals surface area contributed by atoms with Crippen molar-refractivity contribution in [2.75, 3.05) is 6.61 Å². The van der Waals surface area contributed by atoms with Gasteiger partial charge in [-0.05, 0) is 49.4 Å². The van der Waals surface area contributed by atoms with E-state index in [9.17, 15) is 4.79 Å². The predicted octanol–water partition coefficient (Wildman–Crippen LogP) is 4.78. The fourth-order valence-corrected chi connectivity index (χ4v) is 3.06. The summed E-state index contributed by atoms with van der Waals surface area (Å²) < 4.78 is 5.46. The van der Waals surface area contributed by atoms with Crippen LogP contribution in [0, 0.1) is 5.41 Å². The Balaban J connectivity index is 1.78. The first-order chi connectivity index (χ1) is 10.5. The lowest BCUT2D eigenvalue weighted by molar-refractivity contribution is -0.153. The first-order valence-electron chi connectivity index (χ1n) is 7.84. The Morgan fingerprint density at radius 3 is 1.95 bits per heavy atom. The van der Waals surface area contributed by atoms with E-state index in [-0.39, 0.29) is 5.97 Å². The third kappa shape index (κ3) is 2.66. The number of benzene rings is 2. The molecule has 0 N–H and O–H groups in total. The molecule has 0 saturated heterocycles. The average Bonchev–Trinajstić information content (AvgIpc) is 2.81. The second-order valence-corrected chi connectivity index (χ2v) is 6.90. The van der Waals surface area contributed by atoms with E-state index in [2.05, 4.69) is 48.5 Å². The van der Waals surface area contributed by atoms with Crippen molar-refractivity contribution in [3.05, 3.63) is 59.7 Å². The molecule has 2 nitrogen and oxygen atoms in total. The third-order valence-electron chi connectivity index (χ3n) is 4.21. The normalized spacial score (nSPS) is 13.6. The monoisotopic (exact) mass is 294 g/mol. The molecule has 22 heavy (non-hydrogen) atoms. The van der Waals surface area contributed by atoms with Gasteiger partial charge in [-0.2, -0.15) is 0 Å². The molecule has 0 unspecified atom stereocenters. The molecule has 3 rings (SSSR count). The zero-order chi connectivity index (χ0) is 15.7. The van der Waals surface area contributed by atoms with Gasteiger partial charge in [0.05, 0.1) is 12.0 Å². The average molecular weight is 294 g/mol. The molecule has 0 fully saturated rings. The van der Waals surface area contributed by atoms with Gasteiger partial charge in [0.25, 0.3) is 0 Å². The van der Waals surface area contributed by atoms with Crippen LogP contribution in [0.15, 0.2) is 48.5 Å². The Bertz CT molecular complexity index is 649. The standard InChI is InChI=1S/C20H22O2/c1-20(2,3)19(21)22-13-12-18-16-10-6-4-8-14(16)15-9-5-7-11-17(15)18/h4-11,18H,12-13H2,1-3H3. The van der Waals surface area contributed by atoms with Crippen LogP contribution < -0.4 is 0 Å². The fraction of sp³-hybridized carbons (Fsp3) is 0.350. The summed E-state index contributed by atoms with van der Waals surface area (Å²) in [5.74, 6) is 0.187. The maximum Gasteiger partial charge on any atom is 0.311 e. The highest BCUT2D eigenvalue weighted by Gasteiger charge is 2.29. The molecule has 2 aromatic carbocycles. The van der Waals surface area contributed by atoms with Crippen LogP contribution >= 0.6 is 0 Å². The minimum atomic E-state index is -0.439. The Labute approximate surface area is 132 Å². The number of carbonyl (C=O) groups excluding carboxylic acids is 1. The Kier molecular flexibility index (Phi) is 3.78. The summed E-state index contributed by atoms with van der Waals surface area (Å²) in [7, 11) is 0. The highest BCUT2D eigenvalue weighted by Crippen LogP contribution is 2.45. The van der Waals surface area contributed by atoms with Gasteiger partial charge in [-0.3, -0.25) is 4.79 Å². The first-order valence-corrected chi connectivity index (χ1v) is 7.84. The van der Waals surface area contributed by atoms with Crippen LogP contribution in [-0.2, 0) is 9.53 Å². The number of ether oxygens (including phenoxy) is 1. The topological polar surface area (TPSA) is 26.3 Å². The van der Waals surface area contributed by atoms with Crippen LogP contribution in [0.3, 0.4) is 0 Å². The zero-order valence-corrected chi connectivity index (χ0v) is 13.4. The lowest BCUT2D eigenvalue weighted by Crippen LogP contribution is -2.23. The number of carbonyl (C=O) groups is 1. The molecule has 2 aromatic rings. The van der Waals surface area contributed by atoms with Crippen molar-refractivity contribution >= 4 is 5.97 Å². The Hall–Kier alpha value is -2.09. The molecular weight excluding hydrogens is 272 g/mol. The second-order valence-electron chi connectivity index (χ2n) is 6.90. The summed E-state index contributed by atoms with van der Waals surface area (Å²) in [4.78, 5) is 11.9. The number of esters is 1. The van der Waals surface area contributed by atoms with Gasteiger partial charge >= 0.3 is 5.97 Å². The largest absolute Gasteiger partial charge is 0.465 e. The van der Waals surface area contributed by atoms with Crippen molar-refractivity contribution < 1.29 is 9.53 Å². The molecule has 0 saturated carbocycles. The van der Waals surface area contributed by atoms with Crippen LogP contribution in [0.5, 0.6) is 0 Å². The minimum absolute atomic E-state index is 0.132. The Morgan fingerprint density at radius 1 is 0.955 bits per heavy atom.